The van der Waals surface area contributed by atoms with Crippen LogP contribution in [-0.2, 0) is 11.2 Å². The second-order valence-electron chi connectivity index (χ2n) is 5.14. The fourth-order valence-electron chi connectivity index (χ4n) is 2.29. The Bertz CT molecular complexity index is 650. The number of nitrogens with one attached hydrogen (secondary N) is 1. The van der Waals surface area contributed by atoms with Gasteiger partial charge in [-0.1, -0.05) is 0 Å². The standard InChI is InChI=1S/C16H20FN3O2/c1-11-15(10-16(22)18-8-3-9-21)12(2)20(19-11)14-6-4-13(17)5-7-14/h4-7,21H,3,8-10H2,1-2H3,(H,18,22). The van der Waals surface area contributed by atoms with Crippen molar-refractivity contribution in [3.8, 4) is 5.69 Å². The SMILES string of the molecule is Cc1nn(-c2ccc(F)cc2)c(C)c1CC(=O)NCCCO. The van der Waals surface area contributed by atoms with Crippen LogP contribution < -0.4 is 5.32 Å². The third kappa shape index (κ3) is 3.71. The van der Waals surface area contributed by atoms with Crippen molar-refractivity contribution >= 4 is 5.91 Å². The zero-order chi connectivity index (χ0) is 16.1. The molecule has 1 amide bonds. The van der Waals surface area contributed by atoms with E-state index >= 15 is 0 Å². The molecule has 0 bridgehead atoms. The smallest absolute Gasteiger partial charge is 0.224 e. The maximum absolute atomic E-state index is 13.0. The molecule has 118 valence electrons. The van der Waals surface area contributed by atoms with E-state index in [2.05, 4.69) is 10.4 Å². The molecule has 2 aromatic rings. The van der Waals surface area contributed by atoms with Gasteiger partial charge in [0, 0.05) is 24.4 Å². The quantitative estimate of drug-likeness (QED) is 0.798. The van der Waals surface area contributed by atoms with Crippen molar-refractivity contribution in [3.05, 3.63) is 47.0 Å². The maximum Gasteiger partial charge on any atom is 0.224 e. The summed E-state index contributed by atoms with van der Waals surface area (Å²) >= 11 is 0. The highest BCUT2D eigenvalue weighted by molar-refractivity contribution is 5.79. The molecule has 2 rings (SSSR count). The summed E-state index contributed by atoms with van der Waals surface area (Å²) in [5.41, 5.74) is 3.26. The molecule has 0 saturated carbocycles. The van der Waals surface area contributed by atoms with Crippen molar-refractivity contribution in [2.45, 2.75) is 26.7 Å². The van der Waals surface area contributed by atoms with E-state index in [4.69, 9.17) is 5.11 Å². The zero-order valence-corrected chi connectivity index (χ0v) is 12.8. The molecule has 1 heterocycles. The fourth-order valence-corrected chi connectivity index (χ4v) is 2.29. The number of hydrogen-bond acceptors (Lipinski definition) is 3. The highest BCUT2D eigenvalue weighted by Crippen LogP contribution is 2.18. The van der Waals surface area contributed by atoms with Gasteiger partial charge in [0.2, 0.25) is 5.91 Å². The second-order valence-corrected chi connectivity index (χ2v) is 5.14. The van der Waals surface area contributed by atoms with E-state index in [0.717, 1.165) is 22.6 Å². The summed E-state index contributed by atoms with van der Waals surface area (Å²) in [6.07, 6.45) is 0.781. The number of amides is 1. The maximum atomic E-state index is 13.0. The fraction of sp³-hybridized carbons (Fsp3) is 0.375. The lowest BCUT2D eigenvalue weighted by atomic mass is 10.1. The van der Waals surface area contributed by atoms with E-state index < -0.39 is 0 Å². The molecule has 1 aromatic heterocycles. The van der Waals surface area contributed by atoms with Crippen molar-refractivity contribution < 1.29 is 14.3 Å². The number of benzene rings is 1. The van der Waals surface area contributed by atoms with Crippen molar-refractivity contribution in [3.63, 3.8) is 0 Å². The average Bonchev–Trinajstić information content (AvgIpc) is 2.76. The number of nitrogens with zero attached hydrogens (tertiary/aromatic N) is 2. The number of halogens is 1. The van der Waals surface area contributed by atoms with Gasteiger partial charge in [0.1, 0.15) is 5.82 Å². The van der Waals surface area contributed by atoms with Crippen molar-refractivity contribution in [1.82, 2.24) is 15.1 Å². The third-order valence-corrected chi connectivity index (χ3v) is 3.51. The van der Waals surface area contributed by atoms with E-state index in [0.29, 0.717) is 13.0 Å². The van der Waals surface area contributed by atoms with Gasteiger partial charge in [-0.25, -0.2) is 9.07 Å². The van der Waals surface area contributed by atoms with Gasteiger partial charge in [0.25, 0.3) is 0 Å². The van der Waals surface area contributed by atoms with Crippen molar-refractivity contribution in [2.24, 2.45) is 0 Å². The number of hydrogen-bond donors (Lipinski definition) is 2. The van der Waals surface area contributed by atoms with Crippen LogP contribution in [0, 0.1) is 19.7 Å². The highest BCUT2D eigenvalue weighted by Gasteiger charge is 2.15. The molecule has 0 spiro atoms. The number of aliphatic hydroxyl groups excluding tert-OH is 1. The topological polar surface area (TPSA) is 67.2 Å². The Morgan fingerprint density at radius 2 is 2.00 bits per heavy atom. The molecular formula is C16H20FN3O2. The van der Waals surface area contributed by atoms with Gasteiger partial charge >= 0.3 is 0 Å². The Morgan fingerprint density at radius 1 is 1.32 bits per heavy atom. The lowest BCUT2D eigenvalue weighted by Gasteiger charge is -2.06. The number of aryl methyl sites for hydroxylation is 1. The summed E-state index contributed by atoms with van der Waals surface area (Å²) in [7, 11) is 0. The van der Waals surface area contributed by atoms with Gasteiger partial charge in [-0.2, -0.15) is 5.10 Å². The predicted octanol–water partition coefficient (Wildman–Crippen LogP) is 1.67. The normalized spacial score (nSPS) is 10.7. The molecule has 22 heavy (non-hydrogen) atoms. The first-order valence-corrected chi connectivity index (χ1v) is 7.21. The number of carbonyl (C=O) groups excluding carboxylic acids is 1. The number of aromatic nitrogens is 2. The average molecular weight is 305 g/mol. The first-order chi connectivity index (χ1) is 10.5. The van der Waals surface area contributed by atoms with Gasteiger partial charge in [-0.05, 0) is 44.5 Å². The molecule has 0 radical (unpaired) electrons. The Morgan fingerprint density at radius 3 is 2.64 bits per heavy atom. The lowest BCUT2D eigenvalue weighted by molar-refractivity contribution is -0.120. The van der Waals surface area contributed by atoms with E-state index in [9.17, 15) is 9.18 Å². The number of aliphatic hydroxyl groups is 1. The molecule has 6 heteroatoms. The van der Waals surface area contributed by atoms with Gasteiger partial charge in [-0.3, -0.25) is 4.79 Å². The second kappa shape index (κ2) is 7.17. The molecule has 1 aromatic carbocycles. The molecular weight excluding hydrogens is 285 g/mol. The first kappa shape index (κ1) is 16.2. The Balaban J connectivity index is 2.16. The largest absolute Gasteiger partial charge is 0.396 e. The third-order valence-electron chi connectivity index (χ3n) is 3.51. The molecule has 0 unspecified atom stereocenters. The molecule has 5 nitrogen and oxygen atoms in total. The van der Waals surface area contributed by atoms with E-state index in [1.54, 1.807) is 16.8 Å². The van der Waals surface area contributed by atoms with E-state index in [1.807, 2.05) is 13.8 Å². The summed E-state index contributed by atoms with van der Waals surface area (Å²) in [5.74, 6) is -0.396. The zero-order valence-electron chi connectivity index (χ0n) is 12.8. The van der Waals surface area contributed by atoms with Crippen molar-refractivity contribution in [1.29, 1.82) is 0 Å². The summed E-state index contributed by atoms with van der Waals surface area (Å²) in [6, 6.07) is 6.07. The molecule has 0 saturated heterocycles. The summed E-state index contributed by atoms with van der Waals surface area (Å²) in [5, 5.41) is 15.9. The monoisotopic (exact) mass is 305 g/mol. The summed E-state index contributed by atoms with van der Waals surface area (Å²) in [4.78, 5) is 11.9. The van der Waals surface area contributed by atoms with Crippen LogP contribution in [0.25, 0.3) is 5.69 Å². The van der Waals surface area contributed by atoms with Crippen LogP contribution in [-0.4, -0.2) is 33.9 Å². The van der Waals surface area contributed by atoms with Gasteiger partial charge in [0.05, 0.1) is 17.8 Å². The number of carbonyl (C=O) groups is 1. The Kier molecular flexibility index (Phi) is 5.27. The molecule has 0 aliphatic heterocycles. The molecule has 0 aliphatic rings. The minimum atomic E-state index is -0.297. The molecule has 0 aliphatic carbocycles. The Hall–Kier alpha value is -2.21. The molecule has 0 atom stereocenters. The van der Waals surface area contributed by atoms with E-state index in [-0.39, 0.29) is 24.8 Å². The van der Waals surface area contributed by atoms with Crippen molar-refractivity contribution in [2.75, 3.05) is 13.2 Å². The molecule has 0 fully saturated rings. The van der Waals surface area contributed by atoms with Crippen LogP contribution in [0.15, 0.2) is 24.3 Å². The predicted molar refractivity (Wildman–Crippen MR) is 81.4 cm³/mol. The highest BCUT2D eigenvalue weighted by atomic mass is 19.1. The van der Waals surface area contributed by atoms with Crippen LogP contribution in [0.2, 0.25) is 0 Å². The lowest BCUT2D eigenvalue weighted by Crippen LogP contribution is -2.27. The van der Waals surface area contributed by atoms with Crippen LogP contribution in [0.1, 0.15) is 23.4 Å². The first-order valence-electron chi connectivity index (χ1n) is 7.21. The summed E-state index contributed by atoms with van der Waals surface area (Å²) < 4.78 is 14.7. The summed E-state index contributed by atoms with van der Waals surface area (Å²) in [6.45, 7) is 4.25. The van der Waals surface area contributed by atoms with Gasteiger partial charge < -0.3 is 10.4 Å². The Labute approximate surface area is 128 Å². The van der Waals surface area contributed by atoms with Gasteiger partial charge in [0.15, 0.2) is 0 Å². The van der Waals surface area contributed by atoms with Crippen LogP contribution >= 0.6 is 0 Å². The van der Waals surface area contributed by atoms with Gasteiger partial charge in [-0.15, -0.1) is 0 Å². The van der Waals surface area contributed by atoms with Crippen LogP contribution in [0.4, 0.5) is 4.39 Å². The molecule has 2 N–H and O–H groups in total. The minimum absolute atomic E-state index is 0.0564. The van der Waals surface area contributed by atoms with Crippen LogP contribution in [0.5, 0.6) is 0 Å². The number of rotatable bonds is 6. The van der Waals surface area contributed by atoms with E-state index in [1.165, 1.54) is 12.1 Å². The van der Waals surface area contributed by atoms with Crippen LogP contribution in [0.3, 0.4) is 0 Å². The minimum Gasteiger partial charge on any atom is -0.396 e.